The number of aromatic nitrogens is 2. The average molecular weight is 360 g/mol. The molecule has 1 heterocycles. The van der Waals surface area contributed by atoms with Crippen LogP contribution < -0.4 is 10.4 Å². The van der Waals surface area contributed by atoms with E-state index in [1.54, 1.807) is 12.3 Å². The van der Waals surface area contributed by atoms with Crippen LogP contribution in [0, 0.1) is 6.92 Å². The topological polar surface area (TPSA) is 50.2 Å². The van der Waals surface area contributed by atoms with Gasteiger partial charge in [0.15, 0.2) is 0 Å². The summed E-state index contributed by atoms with van der Waals surface area (Å²) in [6.45, 7) is 5.42. The highest BCUT2D eigenvalue weighted by Gasteiger charge is 2.06. The molecule has 27 heavy (non-hydrogen) atoms. The number of rotatable bonds is 7. The zero-order chi connectivity index (χ0) is 19.1. The molecule has 0 saturated heterocycles. The minimum Gasteiger partial charge on any atom is -0.286 e. The molecule has 0 bridgehead atoms. The predicted octanol–water partition coefficient (Wildman–Crippen LogP) is 3.81. The molecule has 0 aliphatic heterocycles. The van der Waals surface area contributed by atoms with E-state index in [2.05, 4.69) is 22.7 Å². The second-order valence-corrected chi connectivity index (χ2v) is 6.35. The molecule has 0 spiro atoms. The molecule has 0 unspecified atom stereocenters. The molecule has 5 heteroatoms. The summed E-state index contributed by atoms with van der Waals surface area (Å²) in [6, 6.07) is 18.2. The van der Waals surface area contributed by atoms with Gasteiger partial charge in [-0.1, -0.05) is 48.0 Å². The van der Waals surface area contributed by atoms with Gasteiger partial charge in [0.05, 0.1) is 18.4 Å². The zero-order valence-corrected chi connectivity index (χ0v) is 15.7. The highest BCUT2D eigenvalue weighted by Crippen LogP contribution is 2.13. The lowest BCUT2D eigenvalue weighted by atomic mass is 10.2. The summed E-state index contributed by atoms with van der Waals surface area (Å²) in [5, 5.41) is 6.17. The van der Waals surface area contributed by atoms with Gasteiger partial charge in [0, 0.05) is 24.4 Å². The molecule has 0 fully saturated rings. The lowest BCUT2D eigenvalue weighted by molar-refractivity contribution is -0.116. The summed E-state index contributed by atoms with van der Waals surface area (Å²) in [5.41, 5.74) is 7.12. The Morgan fingerprint density at radius 3 is 2.59 bits per heavy atom. The Hall–Kier alpha value is -3.34. The van der Waals surface area contributed by atoms with E-state index in [0.717, 1.165) is 11.3 Å². The number of hydrogen-bond donors (Lipinski definition) is 1. The van der Waals surface area contributed by atoms with E-state index in [9.17, 15) is 4.79 Å². The third kappa shape index (κ3) is 5.31. The van der Waals surface area contributed by atoms with Crippen LogP contribution in [0.15, 0.2) is 73.1 Å². The first-order chi connectivity index (χ1) is 13.1. The molecule has 3 rings (SSSR count). The van der Waals surface area contributed by atoms with Gasteiger partial charge in [0.25, 0.3) is 5.91 Å². The minimum absolute atomic E-state index is 0.173. The summed E-state index contributed by atoms with van der Waals surface area (Å²) < 4.78 is 1.86. The molecule has 2 aromatic carbocycles. The van der Waals surface area contributed by atoms with E-state index < -0.39 is 0 Å². The molecule has 5 nitrogen and oxygen atoms in total. The maximum absolute atomic E-state index is 12.3. The highest BCUT2D eigenvalue weighted by molar-refractivity contribution is 5.92. The number of aryl methyl sites for hydroxylation is 1. The van der Waals surface area contributed by atoms with Gasteiger partial charge in [-0.05, 0) is 37.6 Å². The molecule has 0 aliphatic carbocycles. The van der Waals surface area contributed by atoms with Gasteiger partial charge in [0.1, 0.15) is 0 Å². The Morgan fingerprint density at radius 1 is 1.15 bits per heavy atom. The van der Waals surface area contributed by atoms with Crippen molar-refractivity contribution in [2.45, 2.75) is 20.4 Å². The maximum Gasteiger partial charge on any atom is 0.262 e. The van der Waals surface area contributed by atoms with Crippen molar-refractivity contribution >= 4 is 17.7 Å². The van der Waals surface area contributed by atoms with Gasteiger partial charge in [-0.15, -0.1) is 0 Å². The number of amides is 1. The number of anilines is 1. The fourth-order valence-corrected chi connectivity index (χ4v) is 2.72. The molecular formula is C22H24N4O. The van der Waals surface area contributed by atoms with Crippen molar-refractivity contribution in [2.24, 2.45) is 0 Å². The second kappa shape index (κ2) is 8.85. The summed E-state index contributed by atoms with van der Waals surface area (Å²) in [4.78, 5) is 12.3. The number of hydrazine groups is 1. The van der Waals surface area contributed by atoms with Gasteiger partial charge in [-0.25, -0.2) is 0 Å². The number of hydrogen-bond acceptors (Lipinski definition) is 3. The van der Waals surface area contributed by atoms with Crippen molar-refractivity contribution in [3.63, 3.8) is 0 Å². The van der Waals surface area contributed by atoms with Crippen LogP contribution in [0.3, 0.4) is 0 Å². The van der Waals surface area contributed by atoms with E-state index in [0.29, 0.717) is 13.1 Å². The highest BCUT2D eigenvalue weighted by atomic mass is 16.2. The number of nitrogens with one attached hydrogen (secondary N) is 1. The van der Waals surface area contributed by atoms with Crippen LogP contribution in [0.1, 0.15) is 23.6 Å². The Morgan fingerprint density at radius 2 is 1.89 bits per heavy atom. The SMILES string of the molecule is CCN(NC(=O)/C=C/c1cnn(Cc2ccccc2)c1)c1ccc(C)cc1. The summed E-state index contributed by atoms with van der Waals surface area (Å²) in [6.07, 6.45) is 6.98. The standard InChI is InChI=1S/C22H24N4O/c1-3-26(21-12-9-18(2)10-13-21)24-22(27)14-11-20-15-23-25(17-20)16-19-7-5-4-6-8-19/h4-15,17H,3,16H2,1-2H3,(H,24,27)/b14-11+. The van der Waals surface area contributed by atoms with E-state index in [4.69, 9.17) is 0 Å². The molecule has 0 aliphatic rings. The molecule has 0 saturated carbocycles. The van der Waals surface area contributed by atoms with Crippen LogP contribution >= 0.6 is 0 Å². The third-order valence-corrected chi connectivity index (χ3v) is 4.17. The van der Waals surface area contributed by atoms with Crippen molar-refractivity contribution in [1.29, 1.82) is 0 Å². The van der Waals surface area contributed by atoms with Crippen molar-refractivity contribution < 1.29 is 4.79 Å². The maximum atomic E-state index is 12.3. The van der Waals surface area contributed by atoms with Crippen LogP contribution in [-0.4, -0.2) is 22.2 Å². The number of carbonyl (C=O) groups excluding carboxylic acids is 1. The molecule has 1 N–H and O–H groups in total. The lowest BCUT2D eigenvalue weighted by Gasteiger charge is -2.23. The van der Waals surface area contributed by atoms with Gasteiger partial charge in [-0.2, -0.15) is 5.10 Å². The molecule has 3 aromatic rings. The molecule has 0 atom stereocenters. The van der Waals surface area contributed by atoms with Gasteiger partial charge >= 0.3 is 0 Å². The van der Waals surface area contributed by atoms with Crippen molar-refractivity contribution in [2.75, 3.05) is 11.6 Å². The number of carbonyl (C=O) groups is 1. The van der Waals surface area contributed by atoms with Gasteiger partial charge < -0.3 is 0 Å². The normalized spacial score (nSPS) is 10.9. The molecule has 138 valence electrons. The largest absolute Gasteiger partial charge is 0.286 e. The molecule has 0 radical (unpaired) electrons. The van der Waals surface area contributed by atoms with E-state index in [1.807, 2.05) is 72.2 Å². The van der Waals surface area contributed by atoms with E-state index >= 15 is 0 Å². The minimum atomic E-state index is -0.173. The average Bonchev–Trinajstić information content (AvgIpc) is 3.13. The first-order valence-electron chi connectivity index (χ1n) is 9.03. The number of nitrogens with zero attached hydrogens (tertiary/aromatic N) is 3. The zero-order valence-electron chi connectivity index (χ0n) is 15.7. The Bertz CT molecular complexity index is 898. The van der Waals surface area contributed by atoms with Crippen molar-refractivity contribution in [3.05, 3.63) is 89.8 Å². The van der Waals surface area contributed by atoms with E-state index in [-0.39, 0.29) is 5.91 Å². The quantitative estimate of drug-likeness (QED) is 0.515. The Balaban J connectivity index is 1.58. The summed E-state index contributed by atoms with van der Waals surface area (Å²) in [5.74, 6) is -0.173. The smallest absolute Gasteiger partial charge is 0.262 e. The van der Waals surface area contributed by atoms with E-state index in [1.165, 1.54) is 17.2 Å². The van der Waals surface area contributed by atoms with Gasteiger partial charge in [0.2, 0.25) is 0 Å². The monoisotopic (exact) mass is 360 g/mol. The fraction of sp³-hybridized carbons (Fsp3) is 0.182. The van der Waals surface area contributed by atoms with Gasteiger partial charge in [-0.3, -0.25) is 19.9 Å². The van der Waals surface area contributed by atoms with Crippen LogP contribution in [0.25, 0.3) is 6.08 Å². The molecular weight excluding hydrogens is 336 g/mol. The summed E-state index contributed by atoms with van der Waals surface area (Å²) in [7, 11) is 0. The van der Waals surface area contributed by atoms with Crippen LogP contribution in [-0.2, 0) is 11.3 Å². The van der Waals surface area contributed by atoms with Crippen LogP contribution in [0.4, 0.5) is 5.69 Å². The van der Waals surface area contributed by atoms with Crippen LogP contribution in [0.2, 0.25) is 0 Å². The Labute approximate surface area is 159 Å². The second-order valence-electron chi connectivity index (χ2n) is 6.35. The summed E-state index contributed by atoms with van der Waals surface area (Å²) >= 11 is 0. The fourth-order valence-electron chi connectivity index (χ4n) is 2.72. The first-order valence-corrected chi connectivity index (χ1v) is 9.03. The molecule has 1 amide bonds. The third-order valence-electron chi connectivity index (χ3n) is 4.17. The van der Waals surface area contributed by atoms with Crippen molar-refractivity contribution in [3.8, 4) is 0 Å². The molecule has 1 aromatic heterocycles. The number of benzene rings is 2. The first kappa shape index (κ1) is 18.5. The van der Waals surface area contributed by atoms with Crippen molar-refractivity contribution in [1.82, 2.24) is 15.2 Å². The Kier molecular flexibility index (Phi) is 6.05. The predicted molar refractivity (Wildman–Crippen MR) is 109 cm³/mol. The van der Waals surface area contributed by atoms with Crippen LogP contribution in [0.5, 0.6) is 0 Å². The lowest BCUT2D eigenvalue weighted by Crippen LogP contribution is -2.41.